The third-order valence-corrected chi connectivity index (χ3v) is 6.86. The lowest BCUT2D eigenvalue weighted by Gasteiger charge is -2.34. The summed E-state index contributed by atoms with van der Waals surface area (Å²) in [6, 6.07) is 12.2. The number of hydrogen-bond acceptors (Lipinski definition) is 6. The highest BCUT2D eigenvalue weighted by Gasteiger charge is 2.30. The standard InChI is InChI=1S/C27H30N4O5/c1-3-30-16-20(25(32)19-14-23-24(15-22(19)30)36-17-35-23)26(33)28-21(13-18-7-5-4-6-8-18)27(34)31-11-9-29(2)10-12-31/h4-8,14-16,21H,3,9-13,17H2,1-2H3,(H,28,33)/t21-/m1/s1. The minimum absolute atomic E-state index is 0.00699. The van der Waals surface area contributed by atoms with Crippen molar-refractivity contribution in [2.45, 2.75) is 25.9 Å². The van der Waals surface area contributed by atoms with Gasteiger partial charge >= 0.3 is 0 Å². The smallest absolute Gasteiger partial charge is 0.257 e. The van der Waals surface area contributed by atoms with E-state index in [0.29, 0.717) is 48.5 Å². The molecule has 3 aromatic rings. The summed E-state index contributed by atoms with van der Waals surface area (Å²) in [5.41, 5.74) is 1.18. The number of fused-ring (bicyclic) bond motifs is 2. The van der Waals surface area contributed by atoms with Crippen molar-refractivity contribution in [2.75, 3.05) is 40.0 Å². The molecule has 0 unspecified atom stereocenters. The maximum atomic E-state index is 13.5. The van der Waals surface area contributed by atoms with E-state index in [-0.39, 0.29) is 18.3 Å². The molecule has 2 aliphatic heterocycles. The van der Waals surface area contributed by atoms with Crippen molar-refractivity contribution in [1.29, 1.82) is 0 Å². The van der Waals surface area contributed by atoms with E-state index in [4.69, 9.17) is 9.47 Å². The second-order valence-electron chi connectivity index (χ2n) is 9.22. The molecule has 2 amide bonds. The Morgan fingerprint density at radius 3 is 2.42 bits per heavy atom. The van der Waals surface area contributed by atoms with E-state index in [2.05, 4.69) is 10.2 Å². The summed E-state index contributed by atoms with van der Waals surface area (Å²) in [6.45, 7) is 5.33. The fourth-order valence-electron chi connectivity index (χ4n) is 4.74. The SMILES string of the molecule is CCn1cc(C(=O)N[C@H](Cc2ccccc2)C(=O)N2CCN(C)CC2)c(=O)c2cc3c(cc21)OCO3. The number of likely N-dealkylation sites (N-methyl/N-ethyl adjacent to an activating group) is 1. The molecule has 0 saturated carbocycles. The van der Waals surface area contributed by atoms with Gasteiger partial charge in [0.25, 0.3) is 5.91 Å². The number of rotatable bonds is 6. The Balaban J connectivity index is 1.47. The van der Waals surface area contributed by atoms with Crippen LogP contribution in [0.15, 0.2) is 53.5 Å². The highest BCUT2D eigenvalue weighted by atomic mass is 16.7. The molecule has 9 nitrogen and oxygen atoms in total. The summed E-state index contributed by atoms with van der Waals surface area (Å²) in [7, 11) is 2.02. The number of aryl methyl sites for hydroxylation is 1. The quantitative estimate of drug-likeness (QED) is 0.567. The van der Waals surface area contributed by atoms with Gasteiger partial charge in [-0.2, -0.15) is 0 Å². The molecule has 36 heavy (non-hydrogen) atoms. The summed E-state index contributed by atoms with van der Waals surface area (Å²) < 4.78 is 12.7. The average molecular weight is 491 g/mol. The van der Waals surface area contributed by atoms with Crippen LogP contribution in [-0.2, 0) is 17.8 Å². The van der Waals surface area contributed by atoms with Gasteiger partial charge in [-0.25, -0.2) is 0 Å². The Kier molecular flexibility index (Phi) is 6.65. The Labute approximate surface area is 209 Å². The van der Waals surface area contributed by atoms with Crippen LogP contribution in [0, 0.1) is 0 Å². The molecule has 0 spiro atoms. The Bertz CT molecular complexity index is 1350. The largest absolute Gasteiger partial charge is 0.454 e. The third kappa shape index (κ3) is 4.66. The average Bonchev–Trinajstić information content (AvgIpc) is 3.36. The lowest BCUT2D eigenvalue weighted by atomic mass is 10.0. The van der Waals surface area contributed by atoms with Crippen molar-refractivity contribution < 1.29 is 19.1 Å². The lowest BCUT2D eigenvalue weighted by molar-refractivity contribution is -0.134. The van der Waals surface area contributed by atoms with Crippen LogP contribution in [0.4, 0.5) is 0 Å². The van der Waals surface area contributed by atoms with Crippen LogP contribution >= 0.6 is 0 Å². The molecule has 188 valence electrons. The van der Waals surface area contributed by atoms with Crippen LogP contribution < -0.4 is 20.2 Å². The maximum absolute atomic E-state index is 13.5. The molecule has 2 aliphatic rings. The second kappa shape index (κ2) is 10.0. The number of nitrogens with zero attached hydrogens (tertiary/aromatic N) is 3. The van der Waals surface area contributed by atoms with Crippen molar-refractivity contribution in [2.24, 2.45) is 0 Å². The third-order valence-electron chi connectivity index (χ3n) is 6.86. The van der Waals surface area contributed by atoms with E-state index in [1.54, 1.807) is 23.2 Å². The van der Waals surface area contributed by atoms with Gasteiger partial charge in [0.15, 0.2) is 11.5 Å². The fourth-order valence-corrected chi connectivity index (χ4v) is 4.74. The van der Waals surface area contributed by atoms with Gasteiger partial charge in [0.05, 0.1) is 10.9 Å². The van der Waals surface area contributed by atoms with Gasteiger partial charge in [0.1, 0.15) is 11.6 Å². The number of piperazine rings is 1. The molecule has 1 fully saturated rings. The molecular weight excluding hydrogens is 460 g/mol. The Morgan fingerprint density at radius 1 is 1.03 bits per heavy atom. The molecule has 1 N–H and O–H groups in total. The molecule has 0 radical (unpaired) electrons. The first kappa shape index (κ1) is 23.9. The summed E-state index contributed by atoms with van der Waals surface area (Å²) in [4.78, 5) is 44.4. The predicted molar refractivity (Wildman–Crippen MR) is 135 cm³/mol. The fraction of sp³-hybridized carbons (Fsp3) is 0.370. The molecule has 2 aromatic carbocycles. The highest BCUT2D eigenvalue weighted by Crippen LogP contribution is 2.35. The van der Waals surface area contributed by atoms with Crippen LogP contribution in [0.2, 0.25) is 0 Å². The summed E-state index contributed by atoms with van der Waals surface area (Å²) >= 11 is 0. The molecule has 1 atom stereocenters. The van der Waals surface area contributed by atoms with E-state index in [0.717, 1.165) is 18.7 Å². The molecule has 5 rings (SSSR count). The van der Waals surface area contributed by atoms with E-state index in [9.17, 15) is 14.4 Å². The van der Waals surface area contributed by atoms with Crippen molar-refractivity contribution >= 4 is 22.7 Å². The summed E-state index contributed by atoms with van der Waals surface area (Å²) in [5.74, 6) is 0.347. The van der Waals surface area contributed by atoms with Crippen molar-refractivity contribution in [3.05, 3.63) is 70.0 Å². The Morgan fingerprint density at radius 2 is 1.72 bits per heavy atom. The van der Waals surface area contributed by atoms with Crippen LogP contribution in [0.1, 0.15) is 22.8 Å². The number of ether oxygens (including phenoxy) is 2. The zero-order valence-electron chi connectivity index (χ0n) is 20.5. The van der Waals surface area contributed by atoms with Crippen LogP contribution in [-0.4, -0.2) is 72.2 Å². The molecule has 3 heterocycles. The normalized spacial score (nSPS) is 16.2. The first-order chi connectivity index (χ1) is 17.4. The van der Waals surface area contributed by atoms with E-state index in [1.807, 2.05) is 48.9 Å². The number of pyridine rings is 1. The number of benzene rings is 2. The molecule has 1 aromatic heterocycles. The van der Waals surface area contributed by atoms with Crippen molar-refractivity contribution in [3.63, 3.8) is 0 Å². The molecule has 9 heteroatoms. The lowest BCUT2D eigenvalue weighted by Crippen LogP contribution is -2.55. The van der Waals surface area contributed by atoms with Crippen molar-refractivity contribution in [1.82, 2.24) is 19.7 Å². The summed E-state index contributed by atoms with van der Waals surface area (Å²) in [6.07, 6.45) is 1.90. The number of amides is 2. The molecule has 1 saturated heterocycles. The molecule has 0 aliphatic carbocycles. The second-order valence-corrected chi connectivity index (χ2v) is 9.22. The monoisotopic (exact) mass is 490 g/mol. The van der Waals surface area contributed by atoms with E-state index < -0.39 is 17.4 Å². The zero-order chi connectivity index (χ0) is 25.2. The van der Waals surface area contributed by atoms with Crippen LogP contribution in [0.25, 0.3) is 10.9 Å². The van der Waals surface area contributed by atoms with E-state index >= 15 is 0 Å². The number of carbonyl (C=O) groups excluding carboxylic acids is 2. The van der Waals surface area contributed by atoms with E-state index in [1.165, 1.54) is 0 Å². The Hall–Kier alpha value is -3.85. The highest BCUT2D eigenvalue weighted by molar-refractivity contribution is 6.00. The van der Waals surface area contributed by atoms with Gasteiger partial charge in [0.2, 0.25) is 18.1 Å². The molecular formula is C27H30N4O5. The first-order valence-electron chi connectivity index (χ1n) is 12.2. The van der Waals surface area contributed by atoms with Gasteiger partial charge < -0.3 is 29.2 Å². The van der Waals surface area contributed by atoms with Gasteiger partial charge in [0, 0.05) is 51.4 Å². The van der Waals surface area contributed by atoms with Gasteiger partial charge in [-0.1, -0.05) is 30.3 Å². The first-order valence-corrected chi connectivity index (χ1v) is 12.2. The number of nitrogens with one attached hydrogen (secondary N) is 1. The number of carbonyl (C=O) groups is 2. The van der Waals surface area contributed by atoms with Crippen molar-refractivity contribution in [3.8, 4) is 11.5 Å². The topological polar surface area (TPSA) is 93.1 Å². The van der Waals surface area contributed by atoms with Crippen LogP contribution in [0.3, 0.4) is 0 Å². The molecule has 0 bridgehead atoms. The minimum Gasteiger partial charge on any atom is -0.454 e. The number of hydrogen-bond donors (Lipinski definition) is 1. The number of aromatic nitrogens is 1. The minimum atomic E-state index is -0.787. The van der Waals surface area contributed by atoms with Gasteiger partial charge in [-0.15, -0.1) is 0 Å². The maximum Gasteiger partial charge on any atom is 0.257 e. The van der Waals surface area contributed by atoms with Gasteiger partial charge in [-0.05, 0) is 25.6 Å². The van der Waals surface area contributed by atoms with Gasteiger partial charge in [-0.3, -0.25) is 14.4 Å². The predicted octanol–water partition coefficient (Wildman–Crippen LogP) is 1.87. The van der Waals surface area contributed by atoms with Crippen LogP contribution in [0.5, 0.6) is 11.5 Å². The summed E-state index contributed by atoms with van der Waals surface area (Å²) in [5, 5.41) is 3.26. The zero-order valence-corrected chi connectivity index (χ0v) is 20.5.